The normalized spacial score (nSPS) is 11.9. The monoisotopic (exact) mass is 309 g/mol. The van der Waals surface area contributed by atoms with Crippen molar-refractivity contribution in [3.8, 4) is 0 Å². The van der Waals surface area contributed by atoms with E-state index in [1.54, 1.807) is 0 Å². The molecule has 1 aromatic heterocycles. The van der Waals surface area contributed by atoms with Gasteiger partial charge in [0.1, 0.15) is 5.25 Å². The fourth-order valence-electron chi connectivity index (χ4n) is 1.51. The van der Waals surface area contributed by atoms with E-state index in [4.69, 9.17) is 5.84 Å². The molecular formula is C12H15N5OS2. The maximum absolute atomic E-state index is 11.9. The Kier molecular flexibility index (Phi) is 4.94. The Labute approximate surface area is 125 Å². The summed E-state index contributed by atoms with van der Waals surface area (Å²) in [5.41, 5.74) is 3.08. The SMILES string of the molecule is CN(C)c1nnc(SC(C(=O)NN)c2ccccc2)s1. The molecule has 1 unspecified atom stereocenters. The van der Waals surface area contributed by atoms with Gasteiger partial charge in [-0.2, -0.15) is 0 Å². The molecule has 0 radical (unpaired) electrons. The van der Waals surface area contributed by atoms with Crippen molar-refractivity contribution in [2.24, 2.45) is 5.84 Å². The van der Waals surface area contributed by atoms with E-state index in [1.165, 1.54) is 23.1 Å². The van der Waals surface area contributed by atoms with Crippen LogP contribution in [-0.4, -0.2) is 30.2 Å². The average molecular weight is 309 g/mol. The summed E-state index contributed by atoms with van der Waals surface area (Å²) >= 11 is 2.78. The molecule has 8 heteroatoms. The van der Waals surface area contributed by atoms with Crippen LogP contribution in [0.4, 0.5) is 5.13 Å². The van der Waals surface area contributed by atoms with Crippen LogP contribution in [0.25, 0.3) is 0 Å². The number of amides is 1. The number of aromatic nitrogens is 2. The second-order valence-electron chi connectivity index (χ2n) is 4.16. The van der Waals surface area contributed by atoms with Crippen molar-refractivity contribution >= 4 is 34.1 Å². The van der Waals surface area contributed by atoms with Crippen LogP contribution in [0.2, 0.25) is 0 Å². The molecule has 1 heterocycles. The minimum atomic E-state index is -0.441. The van der Waals surface area contributed by atoms with Gasteiger partial charge in [0.05, 0.1) is 0 Å². The zero-order valence-electron chi connectivity index (χ0n) is 11.1. The molecule has 0 fully saturated rings. The van der Waals surface area contributed by atoms with Gasteiger partial charge in [0.25, 0.3) is 5.91 Å². The number of carbonyl (C=O) groups excluding carboxylic acids is 1. The Balaban J connectivity index is 2.22. The van der Waals surface area contributed by atoms with Gasteiger partial charge >= 0.3 is 0 Å². The first-order valence-electron chi connectivity index (χ1n) is 5.84. The fourth-order valence-corrected chi connectivity index (χ4v) is 3.47. The van der Waals surface area contributed by atoms with Gasteiger partial charge in [-0.25, -0.2) is 5.84 Å². The number of nitrogens with one attached hydrogen (secondary N) is 1. The second kappa shape index (κ2) is 6.69. The third-order valence-electron chi connectivity index (χ3n) is 2.48. The maximum atomic E-state index is 11.9. The van der Waals surface area contributed by atoms with E-state index in [0.29, 0.717) is 0 Å². The predicted octanol–water partition coefficient (Wildman–Crippen LogP) is 1.43. The highest BCUT2D eigenvalue weighted by molar-refractivity contribution is 8.01. The van der Waals surface area contributed by atoms with Crippen LogP contribution in [0.1, 0.15) is 10.8 Å². The number of carbonyl (C=O) groups is 1. The number of hydrogen-bond acceptors (Lipinski definition) is 7. The number of anilines is 1. The van der Waals surface area contributed by atoms with Crippen LogP contribution in [0.3, 0.4) is 0 Å². The molecule has 6 nitrogen and oxygen atoms in total. The van der Waals surface area contributed by atoms with E-state index in [-0.39, 0.29) is 5.91 Å². The van der Waals surface area contributed by atoms with Crippen LogP contribution in [0.15, 0.2) is 34.7 Å². The summed E-state index contributed by atoms with van der Waals surface area (Å²) < 4.78 is 0.728. The van der Waals surface area contributed by atoms with Gasteiger partial charge in [-0.1, -0.05) is 53.4 Å². The highest BCUT2D eigenvalue weighted by atomic mass is 32.2. The number of nitrogens with zero attached hydrogens (tertiary/aromatic N) is 3. The van der Waals surface area contributed by atoms with Crippen molar-refractivity contribution in [2.75, 3.05) is 19.0 Å². The molecular weight excluding hydrogens is 294 g/mol. The van der Waals surface area contributed by atoms with Crippen LogP contribution < -0.4 is 16.2 Å². The van der Waals surface area contributed by atoms with Crippen LogP contribution >= 0.6 is 23.1 Å². The Morgan fingerprint density at radius 1 is 1.35 bits per heavy atom. The molecule has 2 aromatic rings. The molecule has 0 saturated heterocycles. The standard InChI is InChI=1S/C12H15N5OS2/c1-17(2)11-15-16-12(20-11)19-9(10(18)14-13)8-6-4-3-5-7-8/h3-7,9H,13H2,1-2H3,(H,14,18). The fraction of sp³-hybridized carbons (Fsp3) is 0.250. The quantitative estimate of drug-likeness (QED) is 0.376. The molecule has 2 rings (SSSR count). The lowest BCUT2D eigenvalue weighted by Crippen LogP contribution is -2.33. The minimum Gasteiger partial charge on any atom is -0.353 e. The largest absolute Gasteiger partial charge is 0.353 e. The molecule has 106 valence electrons. The van der Waals surface area contributed by atoms with Crippen molar-refractivity contribution in [1.29, 1.82) is 0 Å². The summed E-state index contributed by atoms with van der Waals surface area (Å²) in [4.78, 5) is 13.8. The molecule has 0 aliphatic rings. The third-order valence-corrected chi connectivity index (χ3v) is 4.91. The number of hydrazine groups is 1. The summed E-state index contributed by atoms with van der Waals surface area (Å²) in [6, 6.07) is 9.46. The van der Waals surface area contributed by atoms with Crippen molar-refractivity contribution in [1.82, 2.24) is 15.6 Å². The molecule has 0 aliphatic heterocycles. The van der Waals surface area contributed by atoms with E-state index >= 15 is 0 Å². The van der Waals surface area contributed by atoms with Crippen molar-refractivity contribution in [3.63, 3.8) is 0 Å². The number of nitrogens with two attached hydrogens (primary N) is 1. The predicted molar refractivity (Wildman–Crippen MR) is 81.6 cm³/mol. The van der Waals surface area contributed by atoms with Crippen LogP contribution in [-0.2, 0) is 4.79 Å². The topological polar surface area (TPSA) is 84.1 Å². The lowest BCUT2D eigenvalue weighted by molar-refractivity contribution is -0.120. The Bertz CT molecular complexity index is 572. The highest BCUT2D eigenvalue weighted by Gasteiger charge is 2.23. The van der Waals surface area contributed by atoms with Crippen LogP contribution in [0.5, 0.6) is 0 Å². The van der Waals surface area contributed by atoms with Gasteiger partial charge in [0.15, 0.2) is 4.34 Å². The molecule has 1 aromatic carbocycles. The third kappa shape index (κ3) is 3.47. The Morgan fingerprint density at radius 3 is 2.60 bits per heavy atom. The molecule has 0 bridgehead atoms. The molecule has 20 heavy (non-hydrogen) atoms. The van der Waals surface area contributed by atoms with Crippen LogP contribution in [0, 0.1) is 0 Å². The van der Waals surface area contributed by atoms with E-state index in [2.05, 4.69) is 15.6 Å². The molecule has 0 spiro atoms. The van der Waals surface area contributed by atoms with Gasteiger partial charge in [-0.05, 0) is 5.56 Å². The number of thioether (sulfide) groups is 1. The summed E-state index contributed by atoms with van der Waals surface area (Å²) in [7, 11) is 3.80. The van der Waals surface area contributed by atoms with Gasteiger partial charge < -0.3 is 4.90 Å². The van der Waals surface area contributed by atoms with E-state index in [0.717, 1.165) is 15.0 Å². The zero-order valence-corrected chi connectivity index (χ0v) is 12.7. The minimum absolute atomic E-state index is 0.261. The van der Waals surface area contributed by atoms with E-state index < -0.39 is 5.25 Å². The first kappa shape index (κ1) is 14.8. The molecule has 1 atom stereocenters. The summed E-state index contributed by atoms with van der Waals surface area (Å²) in [5, 5.41) is 8.50. The van der Waals surface area contributed by atoms with Gasteiger partial charge in [-0.15, -0.1) is 10.2 Å². The molecule has 0 saturated carbocycles. The zero-order chi connectivity index (χ0) is 14.5. The van der Waals surface area contributed by atoms with Crippen molar-refractivity contribution < 1.29 is 4.79 Å². The lowest BCUT2D eigenvalue weighted by atomic mass is 10.1. The average Bonchev–Trinajstić information content (AvgIpc) is 2.94. The maximum Gasteiger partial charge on any atom is 0.251 e. The summed E-state index contributed by atoms with van der Waals surface area (Å²) in [5.74, 6) is 5.00. The first-order chi connectivity index (χ1) is 9.61. The molecule has 0 aliphatic carbocycles. The number of hydrogen-bond donors (Lipinski definition) is 2. The highest BCUT2D eigenvalue weighted by Crippen LogP contribution is 2.38. The summed E-state index contributed by atoms with van der Waals surface area (Å²) in [6.45, 7) is 0. The number of benzene rings is 1. The van der Waals surface area contributed by atoms with Crippen molar-refractivity contribution in [2.45, 2.75) is 9.59 Å². The molecule has 3 N–H and O–H groups in total. The lowest BCUT2D eigenvalue weighted by Gasteiger charge is -2.13. The summed E-state index contributed by atoms with van der Waals surface area (Å²) in [6.07, 6.45) is 0. The molecule has 1 amide bonds. The van der Waals surface area contributed by atoms with E-state index in [9.17, 15) is 4.79 Å². The van der Waals surface area contributed by atoms with Gasteiger partial charge in [-0.3, -0.25) is 10.2 Å². The van der Waals surface area contributed by atoms with Gasteiger partial charge in [0.2, 0.25) is 5.13 Å². The Hall–Kier alpha value is -1.64. The first-order valence-corrected chi connectivity index (χ1v) is 7.54. The second-order valence-corrected chi connectivity index (χ2v) is 6.47. The van der Waals surface area contributed by atoms with E-state index in [1.807, 2.05) is 49.3 Å². The Morgan fingerprint density at radius 2 is 2.05 bits per heavy atom. The smallest absolute Gasteiger partial charge is 0.251 e. The van der Waals surface area contributed by atoms with Crippen molar-refractivity contribution in [3.05, 3.63) is 35.9 Å². The number of rotatable bonds is 5. The van der Waals surface area contributed by atoms with Gasteiger partial charge in [0, 0.05) is 14.1 Å².